The average molecular weight is 213 g/mol. The number of rotatable bonds is 5. The fourth-order valence-electron chi connectivity index (χ4n) is 1.78. The van der Waals surface area contributed by atoms with Crippen LogP contribution >= 0.6 is 0 Å². The van der Waals surface area contributed by atoms with Crippen LogP contribution in [0.5, 0.6) is 0 Å². The molecule has 1 aromatic heterocycles. The summed E-state index contributed by atoms with van der Waals surface area (Å²) >= 11 is 0. The van der Waals surface area contributed by atoms with Gasteiger partial charge >= 0.3 is 0 Å². The van der Waals surface area contributed by atoms with Crippen molar-refractivity contribution < 1.29 is 4.39 Å². The predicted molar refractivity (Wildman–Crippen MR) is 60.1 cm³/mol. The number of nitrogens with two attached hydrogens (primary N) is 1. The van der Waals surface area contributed by atoms with Gasteiger partial charge in [0.05, 0.1) is 0 Å². The van der Waals surface area contributed by atoms with Crippen molar-refractivity contribution in [3.63, 3.8) is 0 Å². The van der Waals surface area contributed by atoms with E-state index in [0.29, 0.717) is 5.69 Å². The number of hydrogen-bond donors (Lipinski definition) is 1. The highest BCUT2D eigenvalue weighted by atomic mass is 19.1. The van der Waals surface area contributed by atoms with Crippen LogP contribution in [0.25, 0.3) is 0 Å². The van der Waals surface area contributed by atoms with Crippen LogP contribution in [0.1, 0.15) is 51.1 Å². The molecule has 0 saturated carbocycles. The molecule has 2 N–H and O–H groups in total. The summed E-state index contributed by atoms with van der Waals surface area (Å²) in [5, 5.41) is 4.15. The van der Waals surface area contributed by atoms with Crippen LogP contribution in [0, 0.1) is 5.82 Å². The topological polar surface area (TPSA) is 43.8 Å². The number of aromatic nitrogens is 2. The molecule has 15 heavy (non-hydrogen) atoms. The van der Waals surface area contributed by atoms with Gasteiger partial charge in [-0.25, -0.2) is 4.39 Å². The highest BCUT2D eigenvalue weighted by Gasteiger charge is 2.20. The van der Waals surface area contributed by atoms with Gasteiger partial charge in [0.15, 0.2) is 11.6 Å². The Bertz CT molecular complexity index is 320. The smallest absolute Gasteiger partial charge is 0.188 e. The number of halogens is 1. The van der Waals surface area contributed by atoms with Crippen molar-refractivity contribution >= 4 is 5.82 Å². The van der Waals surface area contributed by atoms with Crippen LogP contribution in [-0.4, -0.2) is 9.78 Å². The van der Waals surface area contributed by atoms with Crippen molar-refractivity contribution in [2.24, 2.45) is 7.05 Å². The van der Waals surface area contributed by atoms with E-state index in [1.165, 1.54) is 4.68 Å². The first-order valence-corrected chi connectivity index (χ1v) is 5.59. The first-order chi connectivity index (χ1) is 7.11. The molecule has 3 nitrogen and oxygen atoms in total. The molecule has 1 unspecified atom stereocenters. The largest absolute Gasteiger partial charge is 0.381 e. The molecule has 0 radical (unpaired) electrons. The fraction of sp³-hybridized carbons (Fsp3) is 0.727. The number of aryl methyl sites for hydroxylation is 1. The highest BCUT2D eigenvalue weighted by Crippen LogP contribution is 2.28. The Morgan fingerprint density at radius 2 is 2.13 bits per heavy atom. The van der Waals surface area contributed by atoms with Crippen molar-refractivity contribution in [3.8, 4) is 0 Å². The zero-order valence-corrected chi connectivity index (χ0v) is 9.76. The summed E-state index contributed by atoms with van der Waals surface area (Å²) in [6, 6.07) is 0. The molecule has 0 aliphatic heterocycles. The molecule has 0 aliphatic carbocycles. The van der Waals surface area contributed by atoms with Crippen LogP contribution in [0.15, 0.2) is 0 Å². The monoisotopic (exact) mass is 213 g/mol. The summed E-state index contributed by atoms with van der Waals surface area (Å²) < 4.78 is 15.1. The Labute approximate surface area is 90.5 Å². The summed E-state index contributed by atoms with van der Waals surface area (Å²) in [6.45, 7) is 4.19. The molecular formula is C11H20FN3. The molecule has 0 saturated heterocycles. The van der Waals surface area contributed by atoms with Crippen LogP contribution in [0.4, 0.5) is 10.2 Å². The van der Waals surface area contributed by atoms with E-state index in [1.54, 1.807) is 7.05 Å². The molecule has 1 aromatic rings. The Morgan fingerprint density at radius 1 is 1.47 bits per heavy atom. The SMILES string of the molecule is CCCCC(CC)c1nn(C)c(N)c1F. The van der Waals surface area contributed by atoms with Gasteiger partial charge in [-0.15, -0.1) is 0 Å². The second-order valence-electron chi connectivity index (χ2n) is 3.96. The number of anilines is 1. The Morgan fingerprint density at radius 3 is 2.53 bits per heavy atom. The van der Waals surface area contributed by atoms with Gasteiger partial charge in [0.25, 0.3) is 0 Å². The van der Waals surface area contributed by atoms with Crippen molar-refractivity contribution in [1.82, 2.24) is 9.78 Å². The van der Waals surface area contributed by atoms with E-state index in [9.17, 15) is 4.39 Å². The van der Waals surface area contributed by atoms with Crippen molar-refractivity contribution in [2.75, 3.05) is 5.73 Å². The second-order valence-corrected chi connectivity index (χ2v) is 3.96. The molecule has 0 aromatic carbocycles. The molecule has 0 amide bonds. The predicted octanol–water partition coefficient (Wildman–Crippen LogP) is 2.83. The molecule has 4 heteroatoms. The molecule has 1 atom stereocenters. The zero-order valence-electron chi connectivity index (χ0n) is 9.76. The van der Waals surface area contributed by atoms with Crippen molar-refractivity contribution in [3.05, 3.63) is 11.5 Å². The van der Waals surface area contributed by atoms with Gasteiger partial charge in [-0.2, -0.15) is 5.10 Å². The highest BCUT2D eigenvalue weighted by molar-refractivity contribution is 5.34. The lowest BCUT2D eigenvalue weighted by Gasteiger charge is -2.11. The molecule has 1 rings (SSSR count). The number of nitrogen functional groups attached to an aromatic ring is 1. The lowest BCUT2D eigenvalue weighted by Crippen LogP contribution is -2.01. The van der Waals surface area contributed by atoms with Crippen LogP contribution in [0.3, 0.4) is 0 Å². The minimum atomic E-state index is -0.333. The van der Waals surface area contributed by atoms with E-state index in [2.05, 4.69) is 18.9 Å². The summed E-state index contributed by atoms with van der Waals surface area (Å²) in [7, 11) is 1.68. The molecule has 0 aliphatic rings. The standard InChI is InChI=1S/C11H20FN3/c1-4-6-7-8(5-2)10-9(12)11(13)15(3)14-10/h8H,4-7,13H2,1-3H3. The lowest BCUT2D eigenvalue weighted by molar-refractivity contribution is 0.517. The molecule has 0 fully saturated rings. The van der Waals surface area contributed by atoms with Gasteiger partial charge < -0.3 is 5.73 Å². The Balaban J connectivity index is 2.86. The summed E-state index contributed by atoms with van der Waals surface area (Å²) in [5.41, 5.74) is 6.08. The molecule has 0 spiro atoms. The van der Waals surface area contributed by atoms with E-state index in [4.69, 9.17) is 5.73 Å². The van der Waals surface area contributed by atoms with Gasteiger partial charge in [-0.3, -0.25) is 4.68 Å². The van der Waals surface area contributed by atoms with E-state index < -0.39 is 0 Å². The van der Waals surface area contributed by atoms with Crippen LogP contribution in [0.2, 0.25) is 0 Å². The lowest BCUT2D eigenvalue weighted by atomic mass is 9.96. The summed E-state index contributed by atoms with van der Waals surface area (Å²) in [4.78, 5) is 0. The maximum absolute atomic E-state index is 13.7. The van der Waals surface area contributed by atoms with E-state index in [0.717, 1.165) is 25.7 Å². The molecule has 0 bridgehead atoms. The molecule has 86 valence electrons. The van der Waals surface area contributed by atoms with Gasteiger partial charge in [0.2, 0.25) is 0 Å². The Kier molecular flexibility index (Phi) is 4.12. The first-order valence-electron chi connectivity index (χ1n) is 5.59. The average Bonchev–Trinajstić information content (AvgIpc) is 2.48. The first kappa shape index (κ1) is 12.0. The van der Waals surface area contributed by atoms with Crippen LogP contribution < -0.4 is 5.73 Å². The van der Waals surface area contributed by atoms with Gasteiger partial charge in [-0.05, 0) is 12.8 Å². The fourth-order valence-corrected chi connectivity index (χ4v) is 1.78. The second kappa shape index (κ2) is 5.14. The van der Waals surface area contributed by atoms with Gasteiger partial charge in [-0.1, -0.05) is 26.7 Å². The number of hydrogen-bond acceptors (Lipinski definition) is 2. The third kappa shape index (κ3) is 2.49. The molecule has 1 heterocycles. The van der Waals surface area contributed by atoms with Crippen molar-refractivity contribution in [2.45, 2.75) is 45.4 Å². The summed E-state index contributed by atoms with van der Waals surface area (Å²) in [5.74, 6) is 0.00820. The maximum atomic E-state index is 13.7. The minimum Gasteiger partial charge on any atom is -0.381 e. The molecular weight excluding hydrogens is 193 g/mol. The maximum Gasteiger partial charge on any atom is 0.188 e. The Hall–Kier alpha value is -1.06. The van der Waals surface area contributed by atoms with Crippen LogP contribution in [-0.2, 0) is 7.05 Å². The summed E-state index contributed by atoms with van der Waals surface area (Å²) in [6.07, 6.45) is 4.13. The van der Waals surface area contributed by atoms with E-state index >= 15 is 0 Å². The minimum absolute atomic E-state index is 0.139. The van der Waals surface area contributed by atoms with Gasteiger partial charge in [0.1, 0.15) is 5.69 Å². The van der Waals surface area contributed by atoms with E-state index in [1.807, 2.05) is 0 Å². The number of nitrogens with zero attached hydrogens (tertiary/aromatic N) is 2. The third-order valence-electron chi connectivity index (χ3n) is 2.84. The zero-order chi connectivity index (χ0) is 11.4. The number of unbranched alkanes of at least 4 members (excludes halogenated alkanes) is 1. The van der Waals surface area contributed by atoms with Crippen molar-refractivity contribution in [1.29, 1.82) is 0 Å². The normalized spacial score (nSPS) is 13.1. The van der Waals surface area contributed by atoms with E-state index in [-0.39, 0.29) is 17.6 Å². The quantitative estimate of drug-likeness (QED) is 0.817. The third-order valence-corrected chi connectivity index (χ3v) is 2.84. The van der Waals surface area contributed by atoms with Gasteiger partial charge in [0, 0.05) is 13.0 Å².